The van der Waals surface area contributed by atoms with E-state index in [1.54, 1.807) is 14.2 Å². The van der Waals surface area contributed by atoms with Crippen LogP contribution in [0.15, 0.2) is 30.3 Å². The average Bonchev–Trinajstić information content (AvgIpc) is 3.05. The van der Waals surface area contributed by atoms with Crippen molar-refractivity contribution in [3.8, 4) is 0 Å². The van der Waals surface area contributed by atoms with Gasteiger partial charge in [0.05, 0.1) is 18.8 Å². The van der Waals surface area contributed by atoms with Gasteiger partial charge in [-0.15, -0.1) is 0 Å². The topological polar surface area (TPSA) is 58.9 Å². The lowest BCUT2D eigenvalue weighted by atomic mass is 9.82. The summed E-state index contributed by atoms with van der Waals surface area (Å²) in [6, 6.07) is 10.3. The van der Waals surface area contributed by atoms with Crippen LogP contribution in [0.5, 0.6) is 0 Å². The Morgan fingerprint density at radius 3 is 2.48 bits per heavy atom. The number of hydrogen-bond donors (Lipinski definition) is 2. The van der Waals surface area contributed by atoms with Gasteiger partial charge >= 0.3 is 0 Å². The number of hydrogen-bond acceptors (Lipinski definition) is 4. The fraction of sp³-hybridized carbons (Fsp3) is 0.647. The quantitative estimate of drug-likeness (QED) is 0.827. The van der Waals surface area contributed by atoms with Crippen LogP contribution >= 0.6 is 0 Å². The van der Waals surface area contributed by atoms with Crippen molar-refractivity contribution in [1.82, 2.24) is 0 Å². The molecule has 6 atom stereocenters. The molecular formula is C17H24O4. The maximum atomic E-state index is 9.75. The summed E-state index contributed by atoms with van der Waals surface area (Å²) in [4.78, 5) is 0. The van der Waals surface area contributed by atoms with Crippen LogP contribution in [-0.2, 0) is 14.9 Å². The Labute approximate surface area is 125 Å². The summed E-state index contributed by atoms with van der Waals surface area (Å²) in [7, 11) is 3.36. The molecule has 0 bridgehead atoms. The summed E-state index contributed by atoms with van der Waals surface area (Å²) >= 11 is 0. The molecule has 0 unspecified atom stereocenters. The molecule has 0 heterocycles. The van der Waals surface area contributed by atoms with E-state index in [1.807, 2.05) is 18.2 Å². The summed E-state index contributed by atoms with van der Waals surface area (Å²) in [5.74, 6) is 0.819. The van der Waals surface area contributed by atoms with Gasteiger partial charge in [0.15, 0.2) is 0 Å². The van der Waals surface area contributed by atoms with Crippen molar-refractivity contribution in [2.75, 3.05) is 27.4 Å². The standard InChI is InChI=1S/C17H24O4/c1-20-15(10-19)12-8-13-14(9-18)17(13,16(12)21-2)11-6-4-3-5-7-11/h3-7,12-16,18-19H,8-10H2,1-2H3/t12-,13-,14+,15-,16+,17-/m0/s1. The molecule has 1 aromatic carbocycles. The number of benzene rings is 1. The second-order valence-corrected chi connectivity index (χ2v) is 6.21. The monoisotopic (exact) mass is 292 g/mol. The second-order valence-electron chi connectivity index (χ2n) is 6.21. The van der Waals surface area contributed by atoms with Gasteiger partial charge in [-0.05, 0) is 23.8 Å². The molecule has 4 nitrogen and oxygen atoms in total. The Balaban J connectivity index is 1.97. The molecule has 0 radical (unpaired) electrons. The predicted molar refractivity (Wildman–Crippen MR) is 79.0 cm³/mol. The number of fused-ring (bicyclic) bond motifs is 1. The number of aliphatic hydroxyl groups excluding tert-OH is 2. The third-order valence-corrected chi connectivity index (χ3v) is 5.67. The first-order valence-corrected chi connectivity index (χ1v) is 7.58. The first-order valence-electron chi connectivity index (χ1n) is 7.58. The highest BCUT2D eigenvalue weighted by atomic mass is 16.5. The molecule has 1 aromatic rings. The van der Waals surface area contributed by atoms with Crippen molar-refractivity contribution in [2.45, 2.75) is 24.0 Å². The van der Waals surface area contributed by atoms with E-state index in [1.165, 1.54) is 5.56 Å². The van der Waals surface area contributed by atoms with E-state index in [9.17, 15) is 10.2 Å². The molecule has 2 N–H and O–H groups in total. The molecular weight excluding hydrogens is 268 g/mol. The normalized spacial score (nSPS) is 39.0. The first-order chi connectivity index (χ1) is 10.2. The van der Waals surface area contributed by atoms with Crippen LogP contribution in [0.3, 0.4) is 0 Å². The fourth-order valence-corrected chi connectivity index (χ4v) is 4.81. The van der Waals surface area contributed by atoms with Crippen molar-refractivity contribution in [2.24, 2.45) is 17.8 Å². The molecule has 2 fully saturated rings. The van der Waals surface area contributed by atoms with Gasteiger partial charge in [-0.1, -0.05) is 30.3 Å². The molecule has 21 heavy (non-hydrogen) atoms. The van der Waals surface area contributed by atoms with Crippen LogP contribution in [0.2, 0.25) is 0 Å². The maximum Gasteiger partial charge on any atom is 0.0855 e. The van der Waals surface area contributed by atoms with Gasteiger partial charge in [0.25, 0.3) is 0 Å². The van der Waals surface area contributed by atoms with Gasteiger partial charge in [0, 0.05) is 32.2 Å². The molecule has 3 rings (SSSR count). The van der Waals surface area contributed by atoms with E-state index >= 15 is 0 Å². The molecule has 4 heteroatoms. The lowest BCUT2D eigenvalue weighted by molar-refractivity contribution is -0.0610. The summed E-state index contributed by atoms with van der Waals surface area (Å²) in [5.41, 5.74) is 1.11. The molecule has 116 valence electrons. The van der Waals surface area contributed by atoms with Crippen LogP contribution in [0.4, 0.5) is 0 Å². The Bertz CT molecular complexity index is 473. The van der Waals surface area contributed by atoms with Gasteiger partial charge in [0.2, 0.25) is 0 Å². The number of methoxy groups -OCH3 is 2. The predicted octanol–water partition coefficient (Wildman–Crippen LogP) is 1.20. The second kappa shape index (κ2) is 5.69. The van der Waals surface area contributed by atoms with Gasteiger partial charge < -0.3 is 19.7 Å². The molecule has 0 spiro atoms. The minimum atomic E-state index is -0.206. The van der Waals surface area contributed by atoms with Crippen molar-refractivity contribution >= 4 is 0 Å². The zero-order valence-corrected chi connectivity index (χ0v) is 12.6. The van der Waals surface area contributed by atoms with Crippen LogP contribution in [0.25, 0.3) is 0 Å². The van der Waals surface area contributed by atoms with Crippen LogP contribution in [0, 0.1) is 17.8 Å². The van der Waals surface area contributed by atoms with Crippen molar-refractivity contribution in [3.05, 3.63) is 35.9 Å². The minimum Gasteiger partial charge on any atom is -0.396 e. The van der Waals surface area contributed by atoms with E-state index in [4.69, 9.17) is 9.47 Å². The molecule has 0 aromatic heterocycles. The third-order valence-electron chi connectivity index (χ3n) is 5.67. The Morgan fingerprint density at radius 1 is 1.24 bits per heavy atom. The van der Waals surface area contributed by atoms with E-state index in [2.05, 4.69) is 12.1 Å². The van der Waals surface area contributed by atoms with Crippen LogP contribution < -0.4 is 0 Å². The van der Waals surface area contributed by atoms with Crippen LogP contribution in [-0.4, -0.2) is 49.9 Å². The highest BCUT2D eigenvalue weighted by molar-refractivity contribution is 5.42. The average molecular weight is 292 g/mol. The van der Waals surface area contributed by atoms with Crippen molar-refractivity contribution < 1.29 is 19.7 Å². The Kier molecular flexibility index (Phi) is 4.06. The molecule has 0 saturated heterocycles. The molecule has 2 saturated carbocycles. The maximum absolute atomic E-state index is 9.75. The van der Waals surface area contributed by atoms with Crippen LogP contribution in [0.1, 0.15) is 12.0 Å². The summed E-state index contributed by atoms with van der Waals surface area (Å²) in [6.45, 7) is 0.186. The zero-order valence-electron chi connectivity index (χ0n) is 12.6. The van der Waals surface area contributed by atoms with Gasteiger partial charge in [0.1, 0.15) is 0 Å². The summed E-state index contributed by atoms with van der Waals surface area (Å²) < 4.78 is 11.3. The molecule has 0 amide bonds. The lowest BCUT2D eigenvalue weighted by Crippen LogP contribution is -2.41. The lowest BCUT2D eigenvalue weighted by Gasteiger charge is -2.33. The van der Waals surface area contributed by atoms with Gasteiger partial charge in [-0.25, -0.2) is 0 Å². The summed E-state index contributed by atoms with van der Waals surface area (Å²) in [5, 5.41) is 19.3. The van der Waals surface area contributed by atoms with Crippen molar-refractivity contribution in [1.29, 1.82) is 0 Å². The van der Waals surface area contributed by atoms with E-state index in [0.29, 0.717) is 5.92 Å². The van der Waals surface area contributed by atoms with E-state index < -0.39 is 0 Å². The number of ether oxygens (including phenoxy) is 2. The Morgan fingerprint density at radius 2 is 1.95 bits per heavy atom. The molecule has 2 aliphatic rings. The zero-order chi connectivity index (χ0) is 15.0. The Hall–Kier alpha value is -0.940. The van der Waals surface area contributed by atoms with E-state index in [-0.39, 0.29) is 42.7 Å². The van der Waals surface area contributed by atoms with Crippen molar-refractivity contribution in [3.63, 3.8) is 0 Å². The highest BCUT2D eigenvalue weighted by Crippen LogP contribution is 2.71. The minimum absolute atomic E-state index is 0.00239. The summed E-state index contributed by atoms with van der Waals surface area (Å²) in [6.07, 6.45) is 0.694. The largest absolute Gasteiger partial charge is 0.396 e. The van der Waals surface area contributed by atoms with Gasteiger partial charge in [-0.3, -0.25) is 0 Å². The first kappa shape index (κ1) is 15.0. The fourth-order valence-electron chi connectivity index (χ4n) is 4.81. The number of rotatable bonds is 6. The highest BCUT2D eigenvalue weighted by Gasteiger charge is 2.75. The molecule has 0 aliphatic heterocycles. The number of aliphatic hydroxyl groups is 2. The molecule has 2 aliphatic carbocycles. The third kappa shape index (κ3) is 1.97. The van der Waals surface area contributed by atoms with Gasteiger partial charge in [-0.2, -0.15) is 0 Å². The smallest absolute Gasteiger partial charge is 0.0855 e. The SMILES string of the molecule is CO[C@@H](CO)[C@@H]1C[C@H]2[C@@H](CO)[C@@]2(c2ccccc2)[C@@H]1OC. The van der Waals surface area contributed by atoms with E-state index in [0.717, 1.165) is 6.42 Å².